The number of thiol groups is 1. The van der Waals surface area contributed by atoms with Crippen molar-refractivity contribution in [2.24, 2.45) is 11.7 Å². The van der Waals surface area contributed by atoms with Crippen molar-refractivity contribution in [2.45, 2.75) is 57.3 Å². The molecule has 0 aromatic rings. The van der Waals surface area contributed by atoms with Crippen molar-refractivity contribution >= 4 is 54.1 Å². The largest absolute Gasteiger partial charge is 0.481 e. The van der Waals surface area contributed by atoms with E-state index < -0.39 is 60.2 Å². The summed E-state index contributed by atoms with van der Waals surface area (Å²) in [5.74, 6) is -4.39. The van der Waals surface area contributed by atoms with Crippen LogP contribution in [0.1, 0.15) is 33.1 Å². The van der Waals surface area contributed by atoms with Crippen LogP contribution in [-0.4, -0.2) is 81.8 Å². The molecule has 0 aliphatic carbocycles. The Morgan fingerprint density at radius 3 is 1.81 bits per heavy atom. The van der Waals surface area contributed by atoms with Gasteiger partial charge in [0, 0.05) is 12.2 Å². The molecule has 11 nitrogen and oxygen atoms in total. The SMILES string of the molecule is CSCCC(NC(=O)C(CCC(=O)O)NC(=O)C(N)C(C)C)C(=O)NC(CS)C(=O)O. The number of hydrogen-bond acceptors (Lipinski definition) is 8. The molecule has 178 valence electrons. The molecule has 0 aliphatic rings. The van der Waals surface area contributed by atoms with E-state index in [2.05, 4.69) is 28.6 Å². The van der Waals surface area contributed by atoms with E-state index in [1.54, 1.807) is 20.1 Å². The lowest BCUT2D eigenvalue weighted by molar-refractivity contribution is -0.141. The Morgan fingerprint density at radius 2 is 1.39 bits per heavy atom. The van der Waals surface area contributed by atoms with E-state index in [4.69, 9.17) is 15.9 Å². The van der Waals surface area contributed by atoms with Gasteiger partial charge >= 0.3 is 11.9 Å². The number of thioether (sulfide) groups is 1. The molecular formula is C18H32N4O7S2. The maximum absolute atomic E-state index is 12.8. The monoisotopic (exact) mass is 480 g/mol. The lowest BCUT2D eigenvalue weighted by Gasteiger charge is -2.25. The molecule has 0 fully saturated rings. The fraction of sp³-hybridized carbons (Fsp3) is 0.722. The summed E-state index contributed by atoms with van der Waals surface area (Å²) < 4.78 is 0. The first-order chi connectivity index (χ1) is 14.4. The minimum atomic E-state index is -1.27. The van der Waals surface area contributed by atoms with E-state index in [9.17, 15) is 24.0 Å². The van der Waals surface area contributed by atoms with Gasteiger partial charge in [-0.15, -0.1) is 0 Å². The number of amides is 3. The van der Waals surface area contributed by atoms with E-state index in [1.165, 1.54) is 11.8 Å². The van der Waals surface area contributed by atoms with Gasteiger partial charge in [0.2, 0.25) is 17.7 Å². The minimum Gasteiger partial charge on any atom is -0.481 e. The first-order valence-corrected chi connectivity index (χ1v) is 11.7. The molecule has 0 saturated carbocycles. The predicted octanol–water partition coefficient (Wildman–Crippen LogP) is -0.944. The predicted molar refractivity (Wildman–Crippen MR) is 120 cm³/mol. The summed E-state index contributed by atoms with van der Waals surface area (Å²) in [5.41, 5.74) is 5.79. The zero-order chi connectivity index (χ0) is 24.1. The van der Waals surface area contributed by atoms with Gasteiger partial charge < -0.3 is 31.9 Å². The van der Waals surface area contributed by atoms with Gasteiger partial charge in [-0.3, -0.25) is 19.2 Å². The van der Waals surface area contributed by atoms with Crippen molar-refractivity contribution in [3.63, 3.8) is 0 Å². The highest BCUT2D eigenvalue weighted by Crippen LogP contribution is 2.06. The molecule has 3 amide bonds. The fourth-order valence-electron chi connectivity index (χ4n) is 2.34. The van der Waals surface area contributed by atoms with Gasteiger partial charge in [0.05, 0.1) is 6.04 Å². The molecule has 4 unspecified atom stereocenters. The number of carboxylic acid groups (broad SMARTS) is 2. The van der Waals surface area contributed by atoms with Crippen LogP contribution in [0.15, 0.2) is 0 Å². The van der Waals surface area contributed by atoms with Crippen LogP contribution >= 0.6 is 24.4 Å². The molecule has 0 heterocycles. The smallest absolute Gasteiger partial charge is 0.327 e. The number of carbonyl (C=O) groups is 5. The summed E-state index contributed by atoms with van der Waals surface area (Å²) >= 11 is 5.31. The Bertz CT molecular complexity index is 648. The number of nitrogens with two attached hydrogens (primary N) is 1. The molecule has 31 heavy (non-hydrogen) atoms. The van der Waals surface area contributed by atoms with E-state index in [0.717, 1.165) is 0 Å². The highest BCUT2D eigenvalue weighted by Gasteiger charge is 2.30. The van der Waals surface area contributed by atoms with E-state index in [-0.39, 0.29) is 24.5 Å². The van der Waals surface area contributed by atoms with Crippen LogP contribution in [0, 0.1) is 5.92 Å². The molecule has 0 radical (unpaired) electrons. The second kappa shape index (κ2) is 14.9. The Balaban J connectivity index is 5.43. The second-order valence-electron chi connectivity index (χ2n) is 7.19. The average molecular weight is 481 g/mol. The molecule has 0 rings (SSSR count). The molecule has 4 atom stereocenters. The van der Waals surface area contributed by atoms with Crippen molar-refractivity contribution in [3.05, 3.63) is 0 Å². The molecule has 0 aromatic carbocycles. The number of nitrogens with one attached hydrogen (secondary N) is 3. The number of carbonyl (C=O) groups excluding carboxylic acids is 3. The number of rotatable bonds is 15. The maximum atomic E-state index is 12.8. The van der Waals surface area contributed by atoms with E-state index >= 15 is 0 Å². The van der Waals surface area contributed by atoms with Crippen molar-refractivity contribution in [2.75, 3.05) is 17.8 Å². The molecule has 0 aliphatic heterocycles. The number of carboxylic acids is 2. The third-order valence-corrected chi connectivity index (χ3v) is 5.35. The van der Waals surface area contributed by atoms with Gasteiger partial charge in [0.15, 0.2) is 0 Å². The lowest BCUT2D eigenvalue weighted by Crippen LogP contribution is -2.57. The van der Waals surface area contributed by atoms with E-state index in [1.807, 2.05) is 0 Å². The number of aliphatic carboxylic acids is 2. The van der Waals surface area contributed by atoms with Crippen LogP contribution in [-0.2, 0) is 24.0 Å². The van der Waals surface area contributed by atoms with Crippen LogP contribution < -0.4 is 21.7 Å². The van der Waals surface area contributed by atoms with Crippen molar-refractivity contribution in [3.8, 4) is 0 Å². The first kappa shape index (κ1) is 29.0. The Labute approximate surface area is 191 Å². The zero-order valence-electron chi connectivity index (χ0n) is 17.8. The summed E-state index contributed by atoms with van der Waals surface area (Å²) in [6, 6.07) is -4.44. The second-order valence-corrected chi connectivity index (χ2v) is 8.54. The minimum absolute atomic E-state index is 0.144. The van der Waals surface area contributed by atoms with Gasteiger partial charge in [0.25, 0.3) is 0 Å². The van der Waals surface area contributed by atoms with Crippen LogP contribution in [0.3, 0.4) is 0 Å². The van der Waals surface area contributed by atoms with Crippen LogP contribution in [0.2, 0.25) is 0 Å². The topological polar surface area (TPSA) is 188 Å². The molecule has 0 aromatic heterocycles. The quantitative estimate of drug-likeness (QED) is 0.145. The summed E-state index contributed by atoms with van der Waals surface area (Å²) in [5, 5.41) is 25.3. The normalized spacial score (nSPS) is 14.8. The molecule has 0 saturated heterocycles. The van der Waals surface area contributed by atoms with Crippen LogP contribution in [0.4, 0.5) is 0 Å². The first-order valence-electron chi connectivity index (χ1n) is 9.65. The molecule has 7 N–H and O–H groups in total. The third kappa shape index (κ3) is 11.3. The molecular weight excluding hydrogens is 448 g/mol. The van der Waals surface area contributed by atoms with Crippen LogP contribution in [0.5, 0.6) is 0 Å². The van der Waals surface area contributed by atoms with Gasteiger partial charge in [-0.25, -0.2) is 4.79 Å². The van der Waals surface area contributed by atoms with Crippen LogP contribution in [0.25, 0.3) is 0 Å². The van der Waals surface area contributed by atoms with Gasteiger partial charge in [-0.05, 0) is 30.8 Å². The Morgan fingerprint density at radius 1 is 0.903 bits per heavy atom. The average Bonchev–Trinajstić information content (AvgIpc) is 2.70. The van der Waals surface area contributed by atoms with Crippen molar-refractivity contribution < 1.29 is 34.2 Å². The summed E-state index contributed by atoms with van der Waals surface area (Å²) in [7, 11) is 0. The molecule has 0 bridgehead atoms. The van der Waals surface area contributed by atoms with Crippen molar-refractivity contribution in [1.82, 2.24) is 16.0 Å². The highest BCUT2D eigenvalue weighted by molar-refractivity contribution is 7.98. The zero-order valence-corrected chi connectivity index (χ0v) is 19.5. The van der Waals surface area contributed by atoms with Gasteiger partial charge in [0.1, 0.15) is 18.1 Å². The molecule has 13 heteroatoms. The highest BCUT2D eigenvalue weighted by atomic mass is 32.2. The number of hydrogen-bond donors (Lipinski definition) is 7. The summed E-state index contributed by atoms with van der Waals surface area (Å²) in [6.07, 6.45) is 1.40. The maximum Gasteiger partial charge on any atom is 0.327 e. The Kier molecular flexibility index (Phi) is 14.0. The van der Waals surface area contributed by atoms with Gasteiger partial charge in [-0.2, -0.15) is 24.4 Å². The summed E-state index contributed by atoms with van der Waals surface area (Å²) in [4.78, 5) is 59.7. The third-order valence-electron chi connectivity index (χ3n) is 4.34. The van der Waals surface area contributed by atoms with E-state index in [0.29, 0.717) is 5.75 Å². The lowest BCUT2D eigenvalue weighted by atomic mass is 10.0. The molecule has 0 spiro atoms. The standard InChI is InChI=1S/C18H32N4O7S2/c1-9(2)14(19)17(27)21-10(4-5-13(23)24)15(25)20-11(6-7-31-3)16(26)22-12(8-30)18(28)29/h9-12,14,30H,4-8,19H2,1-3H3,(H,20,25)(H,21,27)(H,22,26)(H,23,24)(H,28,29). The van der Waals surface area contributed by atoms with Crippen molar-refractivity contribution in [1.29, 1.82) is 0 Å². The fourth-order valence-corrected chi connectivity index (χ4v) is 3.06. The van der Waals surface area contributed by atoms with Gasteiger partial charge in [-0.1, -0.05) is 13.8 Å². The summed E-state index contributed by atoms with van der Waals surface area (Å²) in [6.45, 7) is 3.44. The Hall–Kier alpha value is -1.99.